The van der Waals surface area contributed by atoms with Crippen molar-refractivity contribution in [2.75, 3.05) is 26.2 Å². The van der Waals surface area contributed by atoms with Crippen molar-refractivity contribution in [3.05, 3.63) is 65.3 Å². The van der Waals surface area contributed by atoms with Gasteiger partial charge in [0.2, 0.25) is 11.8 Å². The van der Waals surface area contributed by atoms with Gasteiger partial charge in [-0.1, -0.05) is 29.4 Å². The molecule has 2 amide bonds. The summed E-state index contributed by atoms with van der Waals surface area (Å²) >= 11 is 8.03. The van der Waals surface area contributed by atoms with Gasteiger partial charge in [-0.05, 0) is 48.0 Å². The number of amides is 2. The van der Waals surface area contributed by atoms with Gasteiger partial charge in [-0.25, -0.2) is 0 Å². The van der Waals surface area contributed by atoms with E-state index in [4.69, 9.17) is 16.7 Å². The Kier molecular flexibility index (Phi) is 7.29. The molecule has 0 saturated carbocycles. The molecule has 3 aromatic rings. The number of carbonyl (C=O) groups is 3. The Labute approximate surface area is 206 Å². The van der Waals surface area contributed by atoms with Crippen LogP contribution >= 0.6 is 23.4 Å². The predicted octanol–water partition coefficient (Wildman–Crippen LogP) is 4.23. The van der Waals surface area contributed by atoms with Crippen molar-refractivity contribution in [1.29, 1.82) is 0 Å². The van der Waals surface area contributed by atoms with E-state index in [1.807, 2.05) is 42.5 Å². The maximum Gasteiger partial charge on any atom is 0.323 e. The number of carboxylic acid groups (broad SMARTS) is 1. The number of nitrogens with zero attached hydrogens (tertiary/aromatic N) is 3. The Hall–Kier alpha value is -3.23. The molecule has 2 aromatic carbocycles. The molecule has 34 heavy (non-hydrogen) atoms. The van der Waals surface area contributed by atoms with Gasteiger partial charge in [-0.15, -0.1) is 0 Å². The lowest BCUT2D eigenvalue weighted by Gasteiger charge is -2.33. The Morgan fingerprint density at radius 1 is 1.03 bits per heavy atom. The maximum atomic E-state index is 12.5. The number of rotatable bonds is 6. The molecule has 1 saturated heterocycles. The van der Waals surface area contributed by atoms with Crippen LogP contribution in [-0.2, 0) is 20.9 Å². The quantitative estimate of drug-likeness (QED) is 0.515. The number of carbonyl (C=O) groups excluding carboxylic acids is 2. The van der Waals surface area contributed by atoms with Gasteiger partial charge in [-0.2, -0.15) is 0 Å². The molecular weight excluding hydrogens is 474 g/mol. The minimum absolute atomic E-state index is 0.0340. The highest BCUT2D eigenvalue weighted by Gasteiger charge is 2.20. The zero-order valence-corrected chi connectivity index (χ0v) is 20.2. The van der Waals surface area contributed by atoms with Crippen molar-refractivity contribution in [2.24, 2.45) is 0 Å². The van der Waals surface area contributed by atoms with Gasteiger partial charge in [0.1, 0.15) is 6.54 Å². The number of halogens is 1. The van der Waals surface area contributed by atoms with Gasteiger partial charge in [0, 0.05) is 66.1 Å². The third-order valence-electron chi connectivity index (χ3n) is 5.69. The first-order valence-corrected chi connectivity index (χ1v) is 12.0. The third kappa shape index (κ3) is 5.63. The van der Waals surface area contributed by atoms with Crippen LogP contribution in [-0.4, -0.2) is 63.4 Å². The molecule has 1 N–H and O–H groups in total. The van der Waals surface area contributed by atoms with E-state index >= 15 is 0 Å². The molecule has 1 fully saturated rings. The Morgan fingerprint density at radius 3 is 2.44 bits per heavy atom. The second kappa shape index (κ2) is 10.4. The molecule has 4 rings (SSSR count). The van der Waals surface area contributed by atoms with Crippen LogP contribution in [0.15, 0.2) is 64.5 Å². The summed E-state index contributed by atoms with van der Waals surface area (Å²) < 4.78 is 1.70. The number of hydrogen-bond acceptors (Lipinski definition) is 4. The van der Waals surface area contributed by atoms with Crippen LogP contribution in [0.4, 0.5) is 0 Å². The molecular formula is C25H24ClN3O4S. The van der Waals surface area contributed by atoms with Crippen LogP contribution in [0.3, 0.4) is 0 Å². The van der Waals surface area contributed by atoms with Gasteiger partial charge in [0.25, 0.3) is 0 Å². The number of hydrogen-bond donors (Lipinski definition) is 1. The van der Waals surface area contributed by atoms with Crippen LogP contribution in [0.25, 0.3) is 17.0 Å². The van der Waals surface area contributed by atoms with Gasteiger partial charge in [-0.3, -0.25) is 14.4 Å². The molecule has 9 heteroatoms. The van der Waals surface area contributed by atoms with Crippen molar-refractivity contribution in [3.63, 3.8) is 0 Å². The summed E-state index contributed by atoms with van der Waals surface area (Å²) in [6, 6.07) is 13.4. The molecule has 2 heterocycles. The molecule has 1 aliphatic heterocycles. The summed E-state index contributed by atoms with van der Waals surface area (Å²) in [5, 5.41) is 10.6. The summed E-state index contributed by atoms with van der Waals surface area (Å²) in [5.74, 6) is -0.929. The molecule has 0 radical (unpaired) electrons. The molecule has 7 nitrogen and oxygen atoms in total. The van der Waals surface area contributed by atoms with Gasteiger partial charge in [0.15, 0.2) is 0 Å². The van der Waals surface area contributed by atoms with Crippen molar-refractivity contribution < 1.29 is 19.5 Å². The largest absolute Gasteiger partial charge is 0.480 e. The van der Waals surface area contributed by atoms with Crippen LogP contribution in [0.2, 0.25) is 5.02 Å². The second-order valence-corrected chi connectivity index (χ2v) is 9.54. The first kappa shape index (κ1) is 23.9. The number of fused-ring (bicyclic) bond motifs is 1. The molecule has 0 bridgehead atoms. The predicted molar refractivity (Wildman–Crippen MR) is 133 cm³/mol. The van der Waals surface area contributed by atoms with Gasteiger partial charge in [0.05, 0.1) is 5.02 Å². The lowest BCUT2D eigenvalue weighted by Crippen LogP contribution is -2.49. The average molecular weight is 498 g/mol. The van der Waals surface area contributed by atoms with E-state index < -0.39 is 5.97 Å². The Balaban J connectivity index is 1.40. The minimum atomic E-state index is -0.880. The second-order valence-electron chi connectivity index (χ2n) is 8.01. The van der Waals surface area contributed by atoms with Crippen molar-refractivity contribution in [1.82, 2.24) is 14.4 Å². The average Bonchev–Trinajstić information content (AvgIpc) is 3.20. The molecule has 0 atom stereocenters. The summed E-state index contributed by atoms with van der Waals surface area (Å²) in [4.78, 5) is 40.3. The first-order chi connectivity index (χ1) is 16.3. The van der Waals surface area contributed by atoms with E-state index in [-0.39, 0.29) is 18.4 Å². The van der Waals surface area contributed by atoms with E-state index in [1.165, 1.54) is 17.8 Å². The van der Waals surface area contributed by atoms with Crippen LogP contribution in [0, 0.1) is 0 Å². The standard InChI is InChI=1S/C25H24ClN3O4S/c1-17(30)27-10-12-28(13-11-27)24(31)7-3-18-2-6-23(21(26)14-18)34-20-4-5-22-19(15-20)8-9-29(22)16-25(32)33/h2-9,14-15H,10-13,16H2,1H3,(H,32,33). The Bertz CT molecular complexity index is 1280. The summed E-state index contributed by atoms with van der Waals surface area (Å²) in [6.07, 6.45) is 5.06. The number of carboxylic acids is 1. The summed E-state index contributed by atoms with van der Waals surface area (Å²) in [5.41, 5.74) is 1.69. The Morgan fingerprint density at radius 2 is 1.76 bits per heavy atom. The van der Waals surface area contributed by atoms with Gasteiger partial charge >= 0.3 is 5.97 Å². The number of aromatic nitrogens is 1. The van der Waals surface area contributed by atoms with Crippen molar-refractivity contribution in [3.8, 4) is 0 Å². The summed E-state index contributed by atoms with van der Waals surface area (Å²) in [7, 11) is 0. The monoisotopic (exact) mass is 497 g/mol. The van der Waals surface area contributed by atoms with Gasteiger partial charge < -0.3 is 19.5 Å². The van der Waals surface area contributed by atoms with E-state index in [9.17, 15) is 14.4 Å². The molecule has 0 aliphatic carbocycles. The number of aliphatic carboxylic acids is 1. The van der Waals surface area contributed by atoms with Crippen molar-refractivity contribution >= 4 is 58.1 Å². The van der Waals surface area contributed by atoms with Crippen LogP contribution in [0.5, 0.6) is 0 Å². The highest BCUT2D eigenvalue weighted by molar-refractivity contribution is 7.99. The lowest BCUT2D eigenvalue weighted by atomic mass is 10.2. The number of piperazine rings is 1. The highest BCUT2D eigenvalue weighted by Crippen LogP contribution is 2.35. The van der Waals surface area contributed by atoms with E-state index in [0.29, 0.717) is 31.2 Å². The van der Waals surface area contributed by atoms with Crippen molar-refractivity contribution in [2.45, 2.75) is 23.3 Å². The molecule has 0 unspecified atom stereocenters. The fourth-order valence-electron chi connectivity index (χ4n) is 3.87. The van der Waals surface area contributed by atoms with Crippen LogP contribution < -0.4 is 0 Å². The summed E-state index contributed by atoms with van der Waals surface area (Å²) in [6.45, 7) is 3.64. The number of benzene rings is 2. The lowest BCUT2D eigenvalue weighted by molar-refractivity contribution is -0.137. The van der Waals surface area contributed by atoms with E-state index in [1.54, 1.807) is 33.6 Å². The first-order valence-electron chi connectivity index (χ1n) is 10.8. The third-order valence-corrected chi connectivity index (χ3v) is 7.18. The molecule has 1 aliphatic rings. The SMILES string of the molecule is CC(=O)N1CCN(C(=O)C=Cc2ccc(Sc3ccc4c(ccn4CC(=O)O)c3)c(Cl)c2)CC1. The molecule has 176 valence electrons. The zero-order valence-electron chi connectivity index (χ0n) is 18.6. The molecule has 1 aromatic heterocycles. The van der Waals surface area contributed by atoms with E-state index in [2.05, 4.69) is 0 Å². The maximum absolute atomic E-state index is 12.5. The fourth-order valence-corrected chi connectivity index (χ4v) is 5.04. The fraction of sp³-hybridized carbons (Fsp3) is 0.240. The highest BCUT2D eigenvalue weighted by atomic mass is 35.5. The van der Waals surface area contributed by atoms with E-state index in [0.717, 1.165) is 26.3 Å². The molecule has 0 spiro atoms. The minimum Gasteiger partial charge on any atom is -0.480 e. The van der Waals surface area contributed by atoms with Crippen LogP contribution in [0.1, 0.15) is 12.5 Å². The zero-order chi connectivity index (χ0) is 24.2. The topological polar surface area (TPSA) is 82.9 Å². The normalized spacial score (nSPS) is 14.2. The smallest absolute Gasteiger partial charge is 0.323 e.